The van der Waals surface area contributed by atoms with E-state index in [-0.39, 0.29) is 11.5 Å². The van der Waals surface area contributed by atoms with Gasteiger partial charge in [-0.15, -0.1) is 11.3 Å². The summed E-state index contributed by atoms with van der Waals surface area (Å²) in [5.74, 6) is 0.596. The van der Waals surface area contributed by atoms with Crippen molar-refractivity contribution in [1.82, 2.24) is 0 Å². The second-order valence-corrected chi connectivity index (χ2v) is 7.79. The Morgan fingerprint density at radius 2 is 1.80 bits per heavy atom. The fourth-order valence-electron chi connectivity index (χ4n) is 3.14. The summed E-state index contributed by atoms with van der Waals surface area (Å²) in [5.41, 5.74) is 2.34. The molecule has 3 aromatic carbocycles. The predicted octanol–water partition coefficient (Wildman–Crippen LogP) is 6.18. The van der Waals surface area contributed by atoms with Crippen molar-refractivity contribution in [3.05, 3.63) is 77.9 Å². The maximum Gasteiger partial charge on any atom is 0.328 e. The summed E-state index contributed by atoms with van der Waals surface area (Å²) in [6, 6.07) is 17.5. The third kappa shape index (κ3) is 3.86. The predicted molar refractivity (Wildman–Crippen MR) is 119 cm³/mol. The lowest BCUT2D eigenvalue weighted by Crippen LogP contribution is -1.88. The van der Waals surface area contributed by atoms with Gasteiger partial charge in [0.15, 0.2) is 5.75 Å². The Bertz CT molecular complexity index is 1270. The summed E-state index contributed by atoms with van der Waals surface area (Å²) >= 11 is 1.48. The lowest BCUT2D eigenvalue weighted by atomic mass is 10.0. The molecule has 0 fully saturated rings. The van der Waals surface area contributed by atoms with Gasteiger partial charge in [-0.05, 0) is 60.5 Å². The molecule has 0 bridgehead atoms. The summed E-state index contributed by atoms with van der Waals surface area (Å²) in [4.78, 5) is 11.5. The zero-order valence-electron chi connectivity index (χ0n) is 16.0. The number of benzene rings is 3. The molecule has 30 heavy (non-hydrogen) atoms. The van der Waals surface area contributed by atoms with Crippen LogP contribution in [-0.4, -0.2) is 21.3 Å². The zero-order chi connectivity index (χ0) is 21.3. The molecule has 150 valence electrons. The number of rotatable bonds is 5. The van der Waals surface area contributed by atoms with Crippen LogP contribution >= 0.6 is 11.3 Å². The van der Waals surface area contributed by atoms with Gasteiger partial charge in [0, 0.05) is 21.7 Å². The van der Waals surface area contributed by atoms with Gasteiger partial charge in [0.2, 0.25) is 0 Å². The van der Waals surface area contributed by atoms with E-state index in [2.05, 4.69) is 0 Å². The molecule has 0 aliphatic heterocycles. The Morgan fingerprint density at radius 1 is 1.03 bits per heavy atom. The molecular formula is C24H18O5S. The minimum atomic E-state index is -1.01. The van der Waals surface area contributed by atoms with Gasteiger partial charge in [0.05, 0.1) is 4.88 Å². The Labute approximate surface area is 176 Å². The molecule has 4 rings (SSSR count). The first kappa shape index (κ1) is 19.5. The van der Waals surface area contributed by atoms with Crippen LogP contribution in [0.15, 0.2) is 66.7 Å². The minimum absolute atomic E-state index is 0.170. The highest BCUT2D eigenvalue weighted by Gasteiger charge is 2.19. The van der Waals surface area contributed by atoms with Gasteiger partial charge in [0.1, 0.15) is 17.2 Å². The van der Waals surface area contributed by atoms with E-state index in [0.29, 0.717) is 11.5 Å². The second-order valence-electron chi connectivity index (χ2n) is 6.73. The summed E-state index contributed by atoms with van der Waals surface area (Å²) in [6.45, 7) is 1.85. The molecule has 0 unspecified atom stereocenters. The summed E-state index contributed by atoms with van der Waals surface area (Å²) in [6.07, 6.45) is 2.59. The highest BCUT2D eigenvalue weighted by Crippen LogP contribution is 2.48. The number of ether oxygens (including phenoxy) is 1. The number of phenolic OH excluding ortho intramolecular Hbond substituents is 2. The van der Waals surface area contributed by atoms with Crippen LogP contribution in [0.3, 0.4) is 0 Å². The van der Waals surface area contributed by atoms with Crippen molar-refractivity contribution >= 4 is 33.5 Å². The van der Waals surface area contributed by atoms with Gasteiger partial charge >= 0.3 is 5.97 Å². The first-order chi connectivity index (χ1) is 14.4. The Hall–Kier alpha value is -3.77. The monoisotopic (exact) mass is 418 g/mol. The lowest BCUT2D eigenvalue weighted by Gasteiger charge is -2.11. The van der Waals surface area contributed by atoms with Gasteiger partial charge in [0.25, 0.3) is 0 Å². The number of carboxylic acids is 1. The van der Waals surface area contributed by atoms with E-state index in [0.717, 1.165) is 37.7 Å². The van der Waals surface area contributed by atoms with Crippen LogP contribution in [0, 0.1) is 6.92 Å². The molecule has 6 heteroatoms. The molecule has 0 saturated heterocycles. The quantitative estimate of drug-likeness (QED) is 0.337. The average molecular weight is 418 g/mol. The maximum atomic E-state index is 10.7. The first-order valence-electron chi connectivity index (χ1n) is 9.16. The number of aliphatic carboxylic acids is 1. The van der Waals surface area contributed by atoms with E-state index in [4.69, 9.17) is 9.84 Å². The summed E-state index contributed by atoms with van der Waals surface area (Å²) in [7, 11) is 0. The third-order valence-electron chi connectivity index (χ3n) is 4.70. The van der Waals surface area contributed by atoms with Crippen LogP contribution in [-0.2, 0) is 4.79 Å². The van der Waals surface area contributed by atoms with Crippen molar-refractivity contribution in [2.75, 3.05) is 0 Å². The number of aromatic hydroxyl groups is 2. The number of thiophene rings is 1. The molecule has 0 aliphatic carbocycles. The maximum absolute atomic E-state index is 10.7. The second kappa shape index (κ2) is 7.93. The van der Waals surface area contributed by atoms with E-state index in [1.54, 1.807) is 48.5 Å². The van der Waals surface area contributed by atoms with Crippen molar-refractivity contribution in [3.8, 4) is 33.4 Å². The van der Waals surface area contributed by atoms with Gasteiger partial charge in [-0.1, -0.05) is 24.3 Å². The SMILES string of the molecule is Cc1c(O)cccc1-c1sc2cc(O)ccc2c1Oc1ccc(C=CC(=O)O)cc1. The van der Waals surface area contributed by atoms with Gasteiger partial charge < -0.3 is 20.1 Å². The molecular weight excluding hydrogens is 400 g/mol. The highest BCUT2D eigenvalue weighted by molar-refractivity contribution is 7.22. The van der Waals surface area contributed by atoms with Crippen LogP contribution in [0.5, 0.6) is 23.0 Å². The van der Waals surface area contributed by atoms with E-state index in [1.807, 2.05) is 19.1 Å². The molecule has 5 nitrogen and oxygen atoms in total. The Balaban J connectivity index is 1.79. The number of carboxylic acid groups (broad SMARTS) is 1. The standard InChI is InChI=1S/C24H18O5S/c1-14-18(3-2-4-20(14)26)24-23(19-11-8-16(25)13-21(19)30-24)29-17-9-5-15(6-10-17)7-12-22(27)28/h2-13,25-26H,1H3,(H,27,28). The molecule has 0 radical (unpaired) electrons. The number of fused-ring (bicyclic) bond motifs is 1. The van der Waals surface area contributed by atoms with Crippen molar-refractivity contribution < 1.29 is 24.9 Å². The number of carbonyl (C=O) groups is 1. The van der Waals surface area contributed by atoms with Crippen LogP contribution in [0.25, 0.3) is 26.6 Å². The van der Waals surface area contributed by atoms with Gasteiger partial charge in [-0.25, -0.2) is 4.79 Å². The molecule has 0 atom stereocenters. The van der Waals surface area contributed by atoms with Crippen molar-refractivity contribution in [2.45, 2.75) is 6.92 Å². The van der Waals surface area contributed by atoms with E-state index in [9.17, 15) is 15.0 Å². The number of hydrogen-bond donors (Lipinski definition) is 3. The fraction of sp³-hybridized carbons (Fsp3) is 0.0417. The van der Waals surface area contributed by atoms with Crippen LogP contribution in [0.2, 0.25) is 0 Å². The number of phenols is 2. The molecule has 4 aromatic rings. The van der Waals surface area contributed by atoms with Gasteiger partial charge in [-0.3, -0.25) is 0 Å². The molecule has 0 amide bonds. The Morgan fingerprint density at radius 3 is 2.53 bits per heavy atom. The Kier molecular flexibility index (Phi) is 5.16. The molecule has 1 aromatic heterocycles. The topological polar surface area (TPSA) is 87.0 Å². The smallest absolute Gasteiger partial charge is 0.328 e. The first-order valence-corrected chi connectivity index (χ1v) is 9.97. The molecule has 0 spiro atoms. The average Bonchev–Trinajstić information content (AvgIpc) is 3.06. The fourth-order valence-corrected chi connectivity index (χ4v) is 4.39. The van der Waals surface area contributed by atoms with Crippen molar-refractivity contribution in [3.63, 3.8) is 0 Å². The van der Waals surface area contributed by atoms with Crippen molar-refractivity contribution in [1.29, 1.82) is 0 Å². The van der Waals surface area contributed by atoms with Gasteiger partial charge in [-0.2, -0.15) is 0 Å². The van der Waals surface area contributed by atoms with Crippen LogP contribution in [0.4, 0.5) is 0 Å². The summed E-state index contributed by atoms with van der Waals surface area (Å²) in [5, 5.41) is 29.7. The third-order valence-corrected chi connectivity index (χ3v) is 5.86. The largest absolute Gasteiger partial charge is 0.508 e. The summed E-state index contributed by atoms with van der Waals surface area (Å²) < 4.78 is 7.10. The molecule has 1 heterocycles. The van der Waals surface area contributed by atoms with Crippen LogP contribution < -0.4 is 4.74 Å². The van der Waals surface area contributed by atoms with E-state index >= 15 is 0 Å². The van der Waals surface area contributed by atoms with E-state index in [1.165, 1.54) is 17.4 Å². The van der Waals surface area contributed by atoms with Crippen LogP contribution in [0.1, 0.15) is 11.1 Å². The lowest BCUT2D eigenvalue weighted by molar-refractivity contribution is -0.131. The zero-order valence-corrected chi connectivity index (χ0v) is 16.8. The van der Waals surface area contributed by atoms with Crippen molar-refractivity contribution in [2.24, 2.45) is 0 Å². The number of hydrogen-bond acceptors (Lipinski definition) is 5. The van der Waals surface area contributed by atoms with E-state index < -0.39 is 5.97 Å². The molecule has 0 aliphatic rings. The normalized spacial score (nSPS) is 11.2. The minimum Gasteiger partial charge on any atom is -0.508 e. The molecule has 0 saturated carbocycles. The highest BCUT2D eigenvalue weighted by atomic mass is 32.1. The molecule has 3 N–H and O–H groups in total.